The lowest BCUT2D eigenvalue weighted by Gasteiger charge is -2.44. The number of hydrogen-bond donors (Lipinski definition) is 1. The van der Waals surface area contributed by atoms with Crippen LogP contribution in [-0.2, 0) is 0 Å². The molecular formula is C24H29N3O3S. The molecule has 0 atom stereocenters. The lowest BCUT2D eigenvalue weighted by molar-refractivity contribution is 0.0585. The number of nitrogens with one attached hydrogen (secondary N) is 1. The Bertz CT molecular complexity index is 957. The molecule has 31 heavy (non-hydrogen) atoms. The predicted octanol–water partition coefficient (Wildman–Crippen LogP) is 4.61. The fourth-order valence-electron chi connectivity index (χ4n) is 4.35. The maximum Gasteiger partial charge on any atom is 0.321 e. The summed E-state index contributed by atoms with van der Waals surface area (Å²) in [6, 6.07) is 15.1. The molecule has 164 valence electrons. The molecule has 0 radical (unpaired) electrons. The van der Waals surface area contributed by atoms with E-state index in [2.05, 4.69) is 5.32 Å². The molecule has 2 fully saturated rings. The number of ether oxygens (including phenoxy) is 1. The lowest BCUT2D eigenvalue weighted by atomic mass is 10.0. The number of piperidine rings is 1. The van der Waals surface area contributed by atoms with E-state index in [4.69, 9.17) is 4.74 Å². The van der Waals surface area contributed by atoms with E-state index in [0.717, 1.165) is 36.3 Å². The monoisotopic (exact) mass is 439 g/mol. The maximum absolute atomic E-state index is 13.2. The Balaban J connectivity index is 1.41. The molecule has 1 N–H and O–H groups in total. The summed E-state index contributed by atoms with van der Waals surface area (Å²) >= 11 is 1.85. The average molecular weight is 440 g/mol. The smallest absolute Gasteiger partial charge is 0.321 e. The highest BCUT2D eigenvalue weighted by Crippen LogP contribution is 2.44. The summed E-state index contributed by atoms with van der Waals surface area (Å²) in [6.07, 6.45) is 1.55. The maximum atomic E-state index is 13.2. The molecule has 0 saturated carbocycles. The largest absolute Gasteiger partial charge is 0.492 e. The predicted molar refractivity (Wildman–Crippen MR) is 125 cm³/mol. The van der Waals surface area contributed by atoms with Gasteiger partial charge < -0.3 is 19.9 Å². The summed E-state index contributed by atoms with van der Waals surface area (Å²) in [6.45, 7) is 6.46. The summed E-state index contributed by atoms with van der Waals surface area (Å²) in [7, 11) is 0. The molecule has 0 aliphatic carbocycles. The van der Waals surface area contributed by atoms with Crippen LogP contribution in [0.4, 0.5) is 10.5 Å². The Hall–Kier alpha value is -2.67. The number of carbonyl (C=O) groups excluding carboxylic acids is 2. The van der Waals surface area contributed by atoms with Gasteiger partial charge >= 0.3 is 6.03 Å². The number of likely N-dealkylation sites (tertiary alicyclic amines) is 1. The van der Waals surface area contributed by atoms with Gasteiger partial charge in [0.2, 0.25) is 0 Å². The summed E-state index contributed by atoms with van der Waals surface area (Å²) in [5.41, 5.74) is 2.52. The Labute approximate surface area is 187 Å². The molecule has 0 unspecified atom stereocenters. The van der Waals surface area contributed by atoms with Gasteiger partial charge in [-0.05, 0) is 51.0 Å². The minimum Gasteiger partial charge on any atom is -0.492 e. The van der Waals surface area contributed by atoms with E-state index in [1.807, 2.05) is 83.9 Å². The van der Waals surface area contributed by atoms with Crippen molar-refractivity contribution in [2.45, 2.75) is 31.6 Å². The molecule has 1 spiro atoms. The number of carbonyl (C=O) groups is 2. The molecule has 2 aromatic carbocycles. The van der Waals surface area contributed by atoms with Crippen LogP contribution in [0, 0.1) is 6.92 Å². The van der Waals surface area contributed by atoms with Crippen molar-refractivity contribution in [3.8, 4) is 5.75 Å². The number of thioether (sulfide) groups is 1. The van der Waals surface area contributed by atoms with Gasteiger partial charge in [0.25, 0.3) is 5.91 Å². The molecule has 3 amide bonds. The van der Waals surface area contributed by atoms with Crippen molar-refractivity contribution in [2.75, 3.05) is 37.3 Å². The van der Waals surface area contributed by atoms with Crippen molar-refractivity contribution in [1.82, 2.24) is 9.80 Å². The van der Waals surface area contributed by atoms with E-state index in [1.54, 1.807) is 0 Å². The Kier molecular flexibility index (Phi) is 6.41. The van der Waals surface area contributed by atoms with E-state index in [0.29, 0.717) is 31.1 Å². The van der Waals surface area contributed by atoms with Crippen molar-refractivity contribution in [3.63, 3.8) is 0 Å². The van der Waals surface area contributed by atoms with E-state index in [1.165, 1.54) is 0 Å². The third-order valence-corrected chi connectivity index (χ3v) is 7.50. The molecule has 2 aliphatic rings. The van der Waals surface area contributed by atoms with Crippen molar-refractivity contribution in [3.05, 3.63) is 59.7 Å². The van der Waals surface area contributed by atoms with Gasteiger partial charge in [-0.2, -0.15) is 0 Å². The van der Waals surface area contributed by atoms with Crippen molar-refractivity contribution in [2.24, 2.45) is 0 Å². The van der Waals surface area contributed by atoms with Gasteiger partial charge in [-0.25, -0.2) is 4.79 Å². The van der Waals surface area contributed by atoms with Gasteiger partial charge in [-0.15, -0.1) is 11.8 Å². The molecular weight excluding hydrogens is 410 g/mol. The second kappa shape index (κ2) is 9.22. The number of aryl methyl sites for hydroxylation is 1. The molecule has 4 rings (SSSR count). The molecule has 2 aliphatic heterocycles. The van der Waals surface area contributed by atoms with Crippen LogP contribution in [0.15, 0.2) is 48.5 Å². The summed E-state index contributed by atoms with van der Waals surface area (Å²) in [5.74, 6) is 1.70. The van der Waals surface area contributed by atoms with Crippen molar-refractivity contribution < 1.29 is 14.3 Å². The number of nitrogens with zero attached hydrogens (tertiary/aromatic N) is 2. The second-order valence-electron chi connectivity index (χ2n) is 7.97. The molecule has 7 heteroatoms. The van der Waals surface area contributed by atoms with Gasteiger partial charge in [0.1, 0.15) is 5.75 Å². The van der Waals surface area contributed by atoms with Gasteiger partial charge in [-0.3, -0.25) is 4.79 Å². The Morgan fingerprint density at radius 2 is 1.87 bits per heavy atom. The number of urea groups is 1. The molecule has 2 heterocycles. The highest BCUT2D eigenvalue weighted by atomic mass is 32.2. The zero-order valence-electron chi connectivity index (χ0n) is 18.1. The van der Waals surface area contributed by atoms with E-state index in [-0.39, 0.29) is 16.8 Å². The first kappa shape index (κ1) is 21.6. The van der Waals surface area contributed by atoms with Crippen LogP contribution in [0.1, 0.15) is 35.7 Å². The first-order valence-electron chi connectivity index (χ1n) is 10.8. The molecule has 2 aromatic rings. The Morgan fingerprint density at radius 1 is 1.10 bits per heavy atom. The zero-order valence-corrected chi connectivity index (χ0v) is 18.9. The van der Waals surface area contributed by atoms with E-state index in [9.17, 15) is 9.59 Å². The van der Waals surface area contributed by atoms with Gasteiger partial charge in [0, 0.05) is 31.0 Å². The highest BCUT2D eigenvalue weighted by molar-refractivity contribution is 8.00. The topological polar surface area (TPSA) is 61.9 Å². The van der Waals surface area contributed by atoms with Crippen LogP contribution in [0.3, 0.4) is 0 Å². The number of benzene rings is 2. The van der Waals surface area contributed by atoms with E-state index < -0.39 is 0 Å². The number of para-hydroxylation sites is 2. The quantitative estimate of drug-likeness (QED) is 0.756. The minimum absolute atomic E-state index is 0.0947. The zero-order chi connectivity index (χ0) is 21.8. The van der Waals surface area contributed by atoms with Gasteiger partial charge in [-0.1, -0.05) is 29.8 Å². The first-order valence-corrected chi connectivity index (χ1v) is 11.8. The minimum atomic E-state index is -0.221. The highest BCUT2D eigenvalue weighted by Gasteiger charge is 2.47. The standard InChI is InChI=1S/C24H29N3O3S/c1-3-30-21-10-5-4-9-20(21)25-23(29)26-13-11-24(12-14-26)27(15-16-31-24)22(28)19-8-6-7-18(2)17-19/h4-10,17H,3,11-16H2,1-2H3,(H,25,29). The van der Waals surface area contributed by atoms with E-state index >= 15 is 0 Å². The number of amides is 3. The third-order valence-electron chi connectivity index (χ3n) is 5.95. The van der Waals surface area contributed by atoms with Crippen LogP contribution in [0.25, 0.3) is 0 Å². The number of anilines is 1. The van der Waals surface area contributed by atoms with Crippen LogP contribution in [0.2, 0.25) is 0 Å². The Morgan fingerprint density at radius 3 is 2.61 bits per heavy atom. The van der Waals surface area contributed by atoms with Crippen LogP contribution in [0.5, 0.6) is 5.75 Å². The fourth-order valence-corrected chi connectivity index (χ4v) is 5.80. The normalized spacial score (nSPS) is 17.6. The molecule has 0 bridgehead atoms. The van der Waals surface area contributed by atoms with Crippen LogP contribution >= 0.6 is 11.8 Å². The molecule has 6 nitrogen and oxygen atoms in total. The van der Waals surface area contributed by atoms with Crippen molar-refractivity contribution in [1.29, 1.82) is 0 Å². The second-order valence-corrected chi connectivity index (χ2v) is 9.42. The molecule has 2 saturated heterocycles. The third kappa shape index (κ3) is 4.51. The number of rotatable bonds is 4. The first-order chi connectivity index (χ1) is 15.0. The SMILES string of the molecule is CCOc1ccccc1NC(=O)N1CCC2(CC1)SCCN2C(=O)c1cccc(C)c1. The summed E-state index contributed by atoms with van der Waals surface area (Å²) < 4.78 is 5.61. The fraction of sp³-hybridized carbons (Fsp3) is 0.417. The summed E-state index contributed by atoms with van der Waals surface area (Å²) in [5, 5.41) is 2.98. The van der Waals surface area contributed by atoms with Gasteiger partial charge in [0.05, 0.1) is 17.2 Å². The summed E-state index contributed by atoms with van der Waals surface area (Å²) in [4.78, 5) is 29.8. The molecule has 0 aromatic heterocycles. The lowest BCUT2D eigenvalue weighted by Crippen LogP contribution is -2.54. The average Bonchev–Trinajstić information content (AvgIpc) is 3.18. The number of hydrogen-bond acceptors (Lipinski definition) is 4. The van der Waals surface area contributed by atoms with Crippen LogP contribution in [-0.4, -0.2) is 58.6 Å². The van der Waals surface area contributed by atoms with Gasteiger partial charge in [0.15, 0.2) is 0 Å². The van der Waals surface area contributed by atoms with Crippen molar-refractivity contribution >= 4 is 29.4 Å². The van der Waals surface area contributed by atoms with Crippen LogP contribution < -0.4 is 10.1 Å².